The molecule has 3 rings (SSSR count). The number of nitrogens with two attached hydrogens (primary N) is 1. The zero-order valence-electron chi connectivity index (χ0n) is 12.5. The van der Waals surface area contributed by atoms with Crippen molar-refractivity contribution in [2.75, 3.05) is 37.4 Å². The van der Waals surface area contributed by atoms with E-state index in [4.69, 9.17) is 10.5 Å². The Morgan fingerprint density at radius 1 is 1.38 bits per heavy atom. The minimum absolute atomic E-state index is 0.0200. The highest BCUT2D eigenvalue weighted by molar-refractivity contribution is 5.98. The van der Waals surface area contributed by atoms with Crippen LogP contribution in [0.2, 0.25) is 0 Å². The van der Waals surface area contributed by atoms with Gasteiger partial charge in [0.1, 0.15) is 5.75 Å². The maximum absolute atomic E-state index is 12.2. The summed E-state index contributed by atoms with van der Waals surface area (Å²) in [6.45, 7) is 2.01. The van der Waals surface area contributed by atoms with E-state index < -0.39 is 0 Å². The minimum Gasteiger partial charge on any atom is -0.482 e. The van der Waals surface area contributed by atoms with Crippen molar-refractivity contribution in [3.05, 3.63) is 18.2 Å². The molecule has 2 N–H and O–H groups in total. The van der Waals surface area contributed by atoms with Gasteiger partial charge >= 0.3 is 0 Å². The summed E-state index contributed by atoms with van der Waals surface area (Å²) in [5.41, 5.74) is 7.32. The number of carbonyl (C=O) groups excluding carboxylic acids is 1. The zero-order valence-corrected chi connectivity index (χ0v) is 12.5. The maximum atomic E-state index is 12.2. The molecule has 1 amide bonds. The summed E-state index contributed by atoms with van der Waals surface area (Å²) in [6, 6.07) is 6.05. The van der Waals surface area contributed by atoms with Crippen LogP contribution in [0.5, 0.6) is 5.75 Å². The van der Waals surface area contributed by atoms with Crippen LogP contribution in [0.4, 0.5) is 11.4 Å². The molecule has 0 aliphatic carbocycles. The molecule has 0 bridgehead atoms. The van der Waals surface area contributed by atoms with Crippen LogP contribution < -0.4 is 15.4 Å². The van der Waals surface area contributed by atoms with E-state index in [-0.39, 0.29) is 12.5 Å². The standard InChI is InChI=1S/C16H23N3O2/c1-18-8-3-2-4-13(18)7-9-19-14-10-12(17)5-6-15(14)21-11-16(19)20/h5-6,10,13H,2-4,7-9,11,17H2,1H3. The fourth-order valence-corrected chi connectivity index (χ4v) is 3.25. The average Bonchev–Trinajstić information content (AvgIpc) is 2.48. The number of hydrogen-bond acceptors (Lipinski definition) is 4. The van der Waals surface area contributed by atoms with Gasteiger partial charge in [-0.2, -0.15) is 0 Å². The number of amides is 1. The van der Waals surface area contributed by atoms with E-state index in [1.165, 1.54) is 19.3 Å². The van der Waals surface area contributed by atoms with Crippen molar-refractivity contribution in [1.29, 1.82) is 0 Å². The van der Waals surface area contributed by atoms with Crippen LogP contribution in [-0.4, -0.2) is 43.6 Å². The van der Waals surface area contributed by atoms with E-state index >= 15 is 0 Å². The second-order valence-corrected chi connectivity index (χ2v) is 5.98. The third-order valence-corrected chi connectivity index (χ3v) is 4.53. The number of fused-ring (bicyclic) bond motifs is 1. The number of likely N-dealkylation sites (tertiary alicyclic amines) is 1. The van der Waals surface area contributed by atoms with Crippen molar-refractivity contribution >= 4 is 17.3 Å². The van der Waals surface area contributed by atoms with Crippen molar-refractivity contribution in [3.8, 4) is 5.75 Å². The van der Waals surface area contributed by atoms with Gasteiger partial charge in [-0.1, -0.05) is 6.42 Å². The largest absolute Gasteiger partial charge is 0.482 e. The Morgan fingerprint density at radius 2 is 2.24 bits per heavy atom. The Balaban J connectivity index is 1.72. The summed E-state index contributed by atoms with van der Waals surface area (Å²) in [5, 5.41) is 0. The number of ether oxygens (including phenoxy) is 1. The molecular weight excluding hydrogens is 266 g/mol. The summed E-state index contributed by atoms with van der Waals surface area (Å²) in [6.07, 6.45) is 4.79. The van der Waals surface area contributed by atoms with Crippen LogP contribution in [0.15, 0.2) is 18.2 Å². The molecule has 1 saturated heterocycles. The highest BCUT2D eigenvalue weighted by Gasteiger charge is 2.27. The summed E-state index contributed by atoms with van der Waals surface area (Å²) in [7, 11) is 2.18. The summed E-state index contributed by atoms with van der Waals surface area (Å²) in [5.74, 6) is 0.771. The van der Waals surface area contributed by atoms with Gasteiger partial charge in [-0.3, -0.25) is 4.79 Å². The van der Waals surface area contributed by atoms with Gasteiger partial charge in [0.2, 0.25) is 0 Å². The monoisotopic (exact) mass is 289 g/mol. The molecule has 2 heterocycles. The van der Waals surface area contributed by atoms with Crippen LogP contribution in [0.1, 0.15) is 25.7 Å². The van der Waals surface area contributed by atoms with Gasteiger partial charge in [0.25, 0.3) is 5.91 Å². The Bertz CT molecular complexity index is 532. The van der Waals surface area contributed by atoms with Gasteiger partial charge in [0, 0.05) is 18.3 Å². The third-order valence-electron chi connectivity index (χ3n) is 4.53. The molecular formula is C16H23N3O2. The van der Waals surface area contributed by atoms with Crippen molar-refractivity contribution in [1.82, 2.24) is 4.90 Å². The van der Waals surface area contributed by atoms with Gasteiger partial charge < -0.3 is 20.3 Å². The highest BCUT2D eigenvalue weighted by Crippen LogP contribution is 2.34. The summed E-state index contributed by atoms with van der Waals surface area (Å²) >= 11 is 0. The lowest BCUT2D eigenvalue weighted by Crippen LogP contribution is -2.43. The lowest BCUT2D eigenvalue weighted by molar-refractivity contribution is -0.121. The molecule has 0 spiro atoms. The minimum atomic E-state index is 0.0200. The summed E-state index contributed by atoms with van der Waals surface area (Å²) in [4.78, 5) is 16.4. The molecule has 21 heavy (non-hydrogen) atoms. The molecule has 5 nitrogen and oxygen atoms in total. The fourth-order valence-electron chi connectivity index (χ4n) is 3.25. The van der Waals surface area contributed by atoms with Gasteiger partial charge in [-0.05, 0) is 51.1 Å². The Hall–Kier alpha value is -1.75. The number of nitrogens with zero attached hydrogens (tertiary/aromatic N) is 2. The van der Waals surface area contributed by atoms with Crippen LogP contribution in [-0.2, 0) is 4.79 Å². The number of nitrogen functional groups attached to an aromatic ring is 1. The first kappa shape index (κ1) is 14.2. The van der Waals surface area contributed by atoms with Crippen molar-refractivity contribution in [2.24, 2.45) is 0 Å². The molecule has 5 heteroatoms. The van der Waals surface area contributed by atoms with Crippen LogP contribution in [0.25, 0.3) is 0 Å². The predicted octanol–water partition coefficient (Wildman–Crippen LogP) is 1.87. The smallest absolute Gasteiger partial charge is 0.265 e. The second kappa shape index (κ2) is 5.93. The Kier molecular flexibility index (Phi) is 4.01. The number of carbonyl (C=O) groups is 1. The number of benzene rings is 1. The van der Waals surface area contributed by atoms with E-state index in [9.17, 15) is 4.79 Å². The molecule has 114 valence electrons. The number of rotatable bonds is 3. The topological polar surface area (TPSA) is 58.8 Å². The van der Waals surface area contributed by atoms with E-state index in [0.717, 1.165) is 30.9 Å². The molecule has 1 fully saturated rings. The molecule has 1 aromatic rings. The van der Waals surface area contributed by atoms with Gasteiger partial charge in [-0.15, -0.1) is 0 Å². The lowest BCUT2D eigenvalue weighted by atomic mass is 9.99. The molecule has 1 unspecified atom stereocenters. The molecule has 0 aromatic heterocycles. The second-order valence-electron chi connectivity index (χ2n) is 5.98. The van der Waals surface area contributed by atoms with E-state index in [2.05, 4.69) is 11.9 Å². The first-order chi connectivity index (χ1) is 10.1. The van der Waals surface area contributed by atoms with E-state index in [1.807, 2.05) is 23.1 Å². The predicted molar refractivity (Wildman–Crippen MR) is 83.6 cm³/mol. The SMILES string of the molecule is CN1CCCCC1CCN1C(=O)COc2ccc(N)cc21. The van der Waals surface area contributed by atoms with Crippen molar-refractivity contribution in [3.63, 3.8) is 0 Å². The normalized spacial score (nSPS) is 22.8. The Labute approximate surface area is 125 Å². The fraction of sp³-hybridized carbons (Fsp3) is 0.562. The van der Waals surface area contributed by atoms with Gasteiger partial charge in [-0.25, -0.2) is 0 Å². The average molecular weight is 289 g/mol. The first-order valence-corrected chi connectivity index (χ1v) is 7.68. The number of anilines is 2. The van der Waals surface area contributed by atoms with Crippen LogP contribution in [0, 0.1) is 0 Å². The van der Waals surface area contributed by atoms with Gasteiger partial charge in [0.05, 0.1) is 5.69 Å². The lowest BCUT2D eigenvalue weighted by Gasteiger charge is -2.35. The number of hydrogen-bond donors (Lipinski definition) is 1. The molecule has 0 saturated carbocycles. The molecule has 2 aliphatic heterocycles. The van der Waals surface area contributed by atoms with E-state index in [1.54, 1.807) is 0 Å². The summed E-state index contributed by atoms with van der Waals surface area (Å²) < 4.78 is 5.48. The quantitative estimate of drug-likeness (QED) is 0.863. The molecule has 1 aromatic carbocycles. The van der Waals surface area contributed by atoms with Crippen LogP contribution >= 0.6 is 0 Å². The van der Waals surface area contributed by atoms with Gasteiger partial charge in [0.15, 0.2) is 6.61 Å². The van der Waals surface area contributed by atoms with E-state index in [0.29, 0.717) is 11.7 Å². The third kappa shape index (κ3) is 2.97. The molecule has 0 radical (unpaired) electrons. The number of piperidine rings is 1. The van der Waals surface area contributed by atoms with Crippen LogP contribution in [0.3, 0.4) is 0 Å². The first-order valence-electron chi connectivity index (χ1n) is 7.68. The zero-order chi connectivity index (χ0) is 14.8. The Morgan fingerprint density at radius 3 is 3.05 bits per heavy atom. The maximum Gasteiger partial charge on any atom is 0.265 e. The molecule has 2 aliphatic rings. The molecule has 1 atom stereocenters. The highest BCUT2D eigenvalue weighted by atomic mass is 16.5. The van der Waals surface area contributed by atoms with Crippen molar-refractivity contribution in [2.45, 2.75) is 31.7 Å². The van der Waals surface area contributed by atoms with Crippen molar-refractivity contribution < 1.29 is 9.53 Å².